The molecule has 1 heterocycles. The number of imide groups is 1. The van der Waals surface area contributed by atoms with Crippen LogP contribution in [0.15, 0.2) is 35.2 Å². The number of hydrogen-bond acceptors (Lipinski definition) is 3. The molecule has 1 atom stereocenters. The van der Waals surface area contributed by atoms with Gasteiger partial charge in [-0.15, -0.1) is 11.8 Å². The molecule has 1 aromatic rings. The summed E-state index contributed by atoms with van der Waals surface area (Å²) < 4.78 is 0. The van der Waals surface area contributed by atoms with E-state index in [4.69, 9.17) is 0 Å². The van der Waals surface area contributed by atoms with Crippen LogP contribution in [0.2, 0.25) is 0 Å². The quantitative estimate of drug-likeness (QED) is 0.608. The molecule has 0 aliphatic carbocycles. The molecule has 4 heteroatoms. The highest BCUT2D eigenvalue weighted by Crippen LogP contribution is 2.26. The van der Waals surface area contributed by atoms with Crippen molar-refractivity contribution in [1.29, 1.82) is 0 Å². The van der Waals surface area contributed by atoms with Crippen molar-refractivity contribution in [1.82, 2.24) is 4.90 Å². The number of rotatable bonds is 3. The van der Waals surface area contributed by atoms with Gasteiger partial charge in [0.25, 0.3) is 0 Å². The molecule has 1 saturated heterocycles. The molecule has 0 saturated carbocycles. The maximum atomic E-state index is 11.8. The molecular weight excluding hydrogens is 234 g/mol. The standard InChI is InChI=1S/C13H15NO2S/c1-14-12(15)8-7-10(13(14)16)9-17-11-5-3-2-4-6-11/h2-6,10H,7-9H2,1H3. The fourth-order valence-electron chi connectivity index (χ4n) is 1.85. The average molecular weight is 249 g/mol. The molecule has 1 unspecified atom stereocenters. The van der Waals surface area contributed by atoms with Gasteiger partial charge in [0.15, 0.2) is 0 Å². The minimum Gasteiger partial charge on any atom is -0.286 e. The summed E-state index contributed by atoms with van der Waals surface area (Å²) in [6.07, 6.45) is 1.17. The Hall–Kier alpha value is -1.29. The van der Waals surface area contributed by atoms with Crippen LogP contribution in [0.4, 0.5) is 0 Å². The lowest BCUT2D eigenvalue weighted by molar-refractivity contribution is -0.149. The topological polar surface area (TPSA) is 37.4 Å². The molecule has 90 valence electrons. The summed E-state index contributed by atoms with van der Waals surface area (Å²) in [6, 6.07) is 10.0. The Labute approximate surface area is 105 Å². The van der Waals surface area contributed by atoms with E-state index in [0.29, 0.717) is 12.8 Å². The number of likely N-dealkylation sites (tertiary alicyclic amines) is 1. The Bertz CT molecular complexity index is 419. The predicted octanol–water partition coefficient (Wildman–Crippen LogP) is 2.17. The Kier molecular flexibility index (Phi) is 3.84. The van der Waals surface area contributed by atoms with Gasteiger partial charge in [0.1, 0.15) is 0 Å². The zero-order valence-electron chi connectivity index (χ0n) is 9.76. The van der Waals surface area contributed by atoms with Crippen molar-refractivity contribution in [2.24, 2.45) is 5.92 Å². The van der Waals surface area contributed by atoms with Crippen LogP contribution in [-0.2, 0) is 9.59 Å². The largest absolute Gasteiger partial charge is 0.286 e. The number of nitrogens with zero attached hydrogens (tertiary/aromatic N) is 1. The van der Waals surface area contributed by atoms with Crippen LogP contribution in [0.1, 0.15) is 12.8 Å². The van der Waals surface area contributed by atoms with Gasteiger partial charge < -0.3 is 0 Å². The van der Waals surface area contributed by atoms with Gasteiger partial charge in [0.05, 0.1) is 0 Å². The van der Waals surface area contributed by atoms with Gasteiger partial charge in [-0.2, -0.15) is 0 Å². The maximum Gasteiger partial charge on any atom is 0.232 e. The second kappa shape index (κ2) is 5.36. The Morgan fingerprint density at radius 3 is 2.71 bits per heavy atom. The van der Waals surface area contributed by atoms with E-state index in [9.17, 15) is 9.59 Å². The van der Waals surface area contributed by atoms with E-state index in [1.807, 2.05) is 30.3 Å². The third-order valence-electron chi connectivity index (χ3n) is 2.95. The first-order valence-corrected chi connectivity index (χ1v) is 6.65. The van der Waals surface area contributed by atoms with E-state index in [1.54, 1.807) is 18.8 Å². The Balaban J connectivity index is 1.92. The third-order valence-corrected chi connectivity index (χ3v) is 4.13. The van der Waals surface area contributed by atoms with Crippen molar-refractivity contribution in [3.63, 3.8) is 0 Å². The highest BCUT2D eigenvalue weighted by molar-refractivity contribution is 7.99. The second-order valence-corrected chi connectivity index (χ2v) is 5.24. The zero-order chi connectivity index (χ0) is 12.3. The van der Waals surface area contributed by atoms with Crippen LogP contribution in [-0.4, -0.2) is 29.5 Å². The van der Waals surface area contributed by atoms with E-state index in [1.165, 1.54) is 9.80 Å². The minimum atomic E-state index is -0.0593. The zero-order valence-corrected chi connectivity index (χ0v) is 10.6. The van der Waals surface area contributed by atoms with Crippen molar-refractivity contribution in [3.8, 4) is 0 Å². The summed E-state index contributed by atoms with van der Waals surface area (Å²) >= 11 is 1.68. The molecule has 0 aromatic heterocycles. The molecule has 0 radical (unpaired) electrons. The van der Waals surface area contributed by atoms with E-state index in [2.05, 4.69) is 0 Å². The lowest BCUT2D eigenvalue weighted by Crippen LogP contribution is -2.43. The fourth-order valence-corrected chi connectivity index (χ4v) is 2.91. The van der Waals surface area contributed by atoms with Gasteiger partial charge >= 0.3 is 0 Å². The normalized spacial score (nSPS) is 20.8. The third kappa shape index (κ3) is 2.88. The second-order valence-electron chi connectivity index (χ2n) is 4.15. The van der Waals surface area contributed by atoms with Crippen LogP contribution in [0, 0.1) is 5.92 Å². The molecule has 2 rings (SSSR count). The van der Waals surface area contributed by atoms with Crippen molar-refractivity contribution in [2.75, 3.05) is 12.8 Å². The van der Waals surface area contributed by atoms with Crippen LogP contribution in [0.25, 0.3) is 0 Å². The van der Waals surface area contributed by atoms with Crippen LogP contribution in [0.5, 0.6) is 0 Å². The van der Waals surface area contributed by atoms with Gasteiger partial charge in [-0.1, -0.05) is 18.2 Å². The van der Waals surface area contributed by atoms with E-state index >= 15 is 0 Å². The summed E-state index contributed by atoms with van der Waals surface area (Å²) in [6.45, 7) is 0. The molecular formula is C13H15NO2S. The number of hydrogen-bond donors (Lipinski definition) is 0. The van der Waals surface area contributed by atoms with Gasteiger partial charge in [-0.3, -0.25) is 14.5 Å². The lowest BCUT2D eigenvalue weighted by Gasteiger charge is -2.27. The SMILES string of the molecule is CN1C(=O)CCC(CSc2ccccc2)C1=O. The van der Waals surface area contributed by atoms with Crippen molar-refractivity contribution in [3.05, 3.63) is 30.3 Å². The fraction of sp³-hybridized carbons (Fsp3) is 0.385. The number of amides is 2. The molecule has 1 aliphatic heterocycles. The van der Waals surface area contributed by atoms with Gasteiger partial charge in [-0.25, -0.2) is 0 Å². The van der Waals surface area contributed by atoms with Gasteiger partial charge in [0, 0.05) is 30.0 Å². The molecule has 3 nitrogen and oxygen atoms in total. The summed E-state index contributed by atoms with van der Waals surface area (Å²) in [5.41, 5.74) is 0. The highest BCUT2D eigenvalue weighted by atomic mass is 32.2. The van der Waals surface area contributed by atoms with E-state index < -0.39 is 0 Å². The summed E-state index contributed by atoms with van der Waals surface area (Å²) in [4.78, 5) is 25.6. The highest BCUT2D eigenvalue weighted by Gasteiger charge is 2.31. The first-order valence-electron chi connectivity index (χ1n) is 5.66. The first kappa shape index (κ1) is 12.2. The summed E-state index contributed by atoms with van der Waals surface area (Å²) in [5.74, 6) is 0.629. The van der Waals surface area contributed by atoms with Crippen LogP contribution < -0.4 is 0 Å². The summed E-state index contributed by atoms with van der Waals surface area (Å²) in [7, 11) is 1.57. The molecule has 2 amide bonds. The number of carbonyl (C=O) groups excluding carboxylic acids is 2. The number of benzene rings is 1. The molecule has 1 aliphatic rings. The predicted molar refractivity (Wildman–Crippen MR) is 67.7 cm³/mol. The van der Waals surface area contributed by atoms with Gasteiger partial charge in [0.2, 0.25) is 11.8 Å². The molecule has 0 bridgehead atoms. The number of carbonyl (C=O) groups is 2. The molecule has 1 aromatic carbocycles. The molecule has 0 N–H and O–H groups in total. The molecule has 17 heavy (non-hydrogen) atoms. The minimum absolute atomic E-state index is 0.0251. The van der Waals surface area contributed by atoms with Crippen molar-refractivity contribution < 1.29 is 9.59 Å². The molecule has 0 spiro atoms. The number of thioether (sulfide) groups is 1. The Morgan fingerprint density at radius 2 is 2.00 bits per heavy atom. The number of piperidine rings is 1. The van der Waals surface area contributed by atoms with E-state index in [-0.39, 0.29) is 17.7 Å². The van der Waals surface area contributed by atoms with Crippen LogP contribution in [0.3, 0.4) is 0 Å². The smallest absolute Gasteiger partial charge is 0.232 e. The molecule has 1 fully saturated rings. The van der Waals surface area contributed by atoms with E-state index in [0.717, 1.165) is 5.75 Å². The maximum absolute atomic E-state index is 11.8. The van der Waals surface area contributed by atoms with Crippen molar-refractivity contribution >= 4 is 23.6 Å². The van der Waals surface area contributed by atoms with Crippen LogP contribution >= 0.6 is 11.8 Å². The van der Waals surface area contributed by atoms with Gasteiger partial charge in [-0.05, 0) is 18.6 Å². The average Bonchev–Trinajstić information content (AvgIpc) is 2.36. The summed E-state index contributed by atoms with van der Waals surface area (Å²) in [5, 5.41) is 0. The monoisotopic (exact) mass is 249 g/mol. The lowest BCUT2D eigenvalue weighted by atomic mass is 9.99. The first-order chi connectivity index (χ1) is 8.18. The Morgan fingerprint density at radius 1 is 1.29 bits per heavy atom. The van der Waals surface area contributed by atoms with Crippen molar-refractivity contribution in [2.45, 2.75) is 17.7 Å².